The van der Waals surface area contributed by atoms with Gasteiger partial charge in [-0.15, -0.1) is 0 Å². The van der Waals surface area contributed by atoms with Gasteiger partial charge in [0.2, 0.25) is 0 Å². The predicted molar refractivity (Wildman–Crippen MR) is 74.9 cm³/mol. The number of nitrogens with zero attached hydrogens (tertiary/aromatic N) is 2. The first kappa shape index (κ1) is 13.4. The number of hydrazine groups is 1. The third-order valence-corrected chi connectivity index (χ3v) is 4.34. The highest BCUT2D eigenvalue weighted by atomic mass is 16.4. The van der Waals surface area contributed by atoms with Crippen LogP contribution >= 0.6 is 0 Å². The second kappa shape index (κ2) is 5.40. The Hall–Kier alpha value is -1.63. The Kier molecular flexibility index (Phi) is 3.60. The van der Waals surface area contributed by atoms with Gasteiger partial charge >= 0.3 is 6.09 Å². The molecule has 108 valence electrons. The van der Waals surface area contributed by atoms with Gasteiger partial charge < -0.3 is 5.11 Å². The molecule has 1 aromatic rings. The van der Waals surface area contributed by atoms with Crippen molar-refractivity contribution in [3.05, 3.63) is 35.9 Å². The number of likely N-dealkylation sites (tertiary alicyclic amines) is 1. The van der Waals surface area contributed by atoms with Crippen molar-refractivity contribution in [2.24, 2.45) is 5.84 Å². The molecule has 0 aliphatic carbocycles. The fourth-order valence-corrected chi connectivity index (χ4v) is 3.49. The number of carbonyl (C=O) groups is 1. The summed E-state index contributed by atoms with van der Waals surface area (Å²) in [4.78, 5) is 15.3. The highest BCUT2D eigenvalue weighted by molar-refractivity contribution is 5.67. The van der Waals surface area contributed by atoms with Crippen molar-refractivity contribution in [2.75, 3.05) is 13.1 Å². The smallest absolute Gasteiger partial charge is 0.407 e. The van der Waals surface area contributed by atoms with Crippen LogP contribution in [0.25, 0.3) is 0 Å². The third-order valence-electron chi connectivity index (χ3n) is 4.34. The standard InChI is InChI=1S/C14H20N4O2/c15-16-12-6-11-8-17(7-10-4-2-1-3-5-10)9-13(12)18(11)14(19)20/h1-5,11-13,16H,6-9,15H2,(H,19,20)/t11-,12-,13-/m1/s1. The molecule has 0 saturated carbocycles. The van der Waals surface area contributed by atoms with E-state index in [-0.39, 0.29) is 18.1 Å². The summed E-state index contributed by atoms with van der Waals surface area (Å²) < 4.78 is 0. The molecule has 6 nitrogen and oxygen atoms in total. The molecule has 0 unspecified atom stereocenters. The van der Waals surface area contributed by atoms with Crippen LogP contribution in [-0.4, -0.2) is 52.2 Å². The van der Waals surface area contributed by atoms with Crippen LogP contribution < -0.4 is 11.3 Å². The normalized spacial score (nSPS) is 29.6. The lowest BCUT2D eigenvalue weighted by Gasteiger charge is -2.40. The quantitative estimate of drug-likeness (QED) is 0.552. The Bertz CT molecular complexity index is 481. The van der Waals surface area contributed by atoms with E-state index < -0.39 is 6.09 Å². The minimum absolute atomic E-state index is 0.0380. The van der Waals surface area contributed by atoms with Gasteiger partial charge in [0, 0.05) is 31.7 Å². The predicted octanol–water partition coefficient (Wildman–Crippen LogP) is 0.455. The van der Waals surface area contributed by atoms with Crippen molar-refractivity contribution >= 4 is 6.09 Å². The Morgan fingerprint density at radius 2 is 2.10 bits per heavy atom. The van der Waals surface area contributed by atoms with Gasteiger partial charge in [0.15, 0.2) is 0 Å². The van der Waals surface area contributed by atoms with Gasteiger partial charge in [-0.3, -0.25) is 21.1 Å². The lowest BCUT2D eigenvalue weighted by atomic mass is 10.1. The lowest BCUT2D eigenvalue weighted by molar-refractivity contribution is 0.0556. The zero-order valence-corrected chi connectivity index (χ0v) is 11.3. The van der Waals surface area contributed by atoms with Crippen LogP contribution in [0.15, 0.2) is 30.3 Å². The fraction of sp³-hybridized carbons (Fsp3) is 0.500. The lowest BCUT2D eigenvalue weighted by Crippen LogP contribution is -2.58. The van der Waals surface area contributed by atoms with Crippen molar-refractivity contribution in [3.8, 4) is 0 Å². The molecule has 0 spiro atoms. The van der Waals surface area contributed by atoms with Crippen LogP contribution in [0.4, 0.5) is 4.79 Å². The molecule has 2 saturated heterocycles. The first-order valence-corrected chi connectivity index (χ1v) is 6.92. The van der Waals surface area contributed by atoms with Gasteiger partial charge in [-0.1, -0.05) is 30.3 Å². The first-order chi connectivity index (χ1) is 9.69. The van der Waals surface area contributed by atoms with E-state index in [1.807, 2.05) is 18.2 Å². The van der Waals surface area contributed by atoms with Gasteiger partial charge in [-0.25, -0.2) is 4.79 Å². The number of nitrogens with one attached hydrogen (secondary N) is 1. The van der Waals surface area contributed by atoms with E-state index in [9.17, 15) is 9.90 Å². The minimum atomic E-state index is -0.836. The average molecular weight is 276 g/mol. The first-order valence-electron chi connectivity index (χ1n) is 6.92. The number of hydrogen-bond donors (Lipinski definition) is 3. The molecule has 6 heteroatoms. The molecular formula is C14H20N4O2. The van der Waals surface area contributed by atoms with E-state index in [1.165, 1.54) is 5.56 Å². The van der Waals surface area contributed by atoms with E-state index in [0.717, 1.165) is 26.1 Å². The number of benzene rings is 1. The zero-order valence-electron chi connectivity index (χ0n) is 11.3. The highest BCUT2D eigenvalue weighted by Gasteiger charge is 2.48. The van der Waals surface area contributed by atoms with E-state index in [4.69, 9.17) is 5.84 Å². The summed E-state index contributed by atoms with van der Waals surface area (Å²) in [6.07, 6.45) is -0.0456. The summed E-state index contributed by atoms with van der Waals surface area (Å²) in [6, 6.07) is 10.3. The minimum Gasteiger partial charge on any atom is -0.465 e. The van der Waals surface area contributed by atoms with Crippen molar-refractivity contribution < 1.29 is 9.90 Å². The van der Waals surface area contributed by atoms with Crippen LogP contribution in [-0.2, 0) is 6.54 Å². The average Bonchev–Trinajstić information content (AvgIpc) is 2.68. The Labute approximate surface area is 118 Å². The summed E-state index contributed by atoms with van der Waals surface area (Å²) in [5.74, 6) is 5.56. The maximum atomic E-state index is 11.4. The van der Waals surface area contributed by atoms with Crippen molar-refractivity contribution in [2.45, 2.75) is 31.1 Å². The van der Waals surface area contributed by atoms with Gasteiger partial charge in [0.1, 0.15) is 0 Å². The van der Waals surface area contributed by atoms with Gasteiger partial charge in [0.05, 0.1) is 6.04 Å². The number of nitrogens with two attached hydrogens (primary N) is 1. The summed E-state index contributed by atoms with van der Waals surface area (Å²) >= 11 is 0. The molecule has 3 atom stereocenters. The number of carboxylic acid groups (broad SMARTS) is 1. The number of fused-ring (bicyclic) bond motifs is 2. The molecule has 1 aromatic carbocycles. The van der Waals surface area contributed by atoms with E-state index in [1.54, 1.807) is 4.90 Å². The monoisotopic (exact) mass is 276 g/mol. The second-order valence-electron chi connectivity index (χ2n) is 5.60. The molecule has 0 aromatic heterocycles. The van der Waals surface area contributed by atoms with Gasteiger partial charge in [0.25, 0.3) is 0 Å². The fourth-order valence-electron chi connectivity index (χ4n) is 3.49. The van der Waals surface area contributed by atoms with Gasteiger partial charge in [-0.2, -0.15) is 0 Å². The van der Waals surface area contributed by atoms with Gasteiger partial charge in [-0.05, 0) is 12.0 Å². The summed E-state index contributed by atoms with van der Waals surface area (Å²) in [7, 11) is 0. The third kappa shape index (κ3) is 2.37. The van der Waals surface area contributed by atoms with Crippen LogP contribution in [0.2, 0.25) is 0 Å². The largest absolute Gasteiger partial charge is 0.465 e. The van der Waals surface area contributed by atoms with Crippen LogP contribution in [0, 0.1) is 0 Å². The number of hydrogen-bond acceptors (Lipinski definition) is 4. The SMILES string of the molecule is NN[C@@H]1C[C@@H]2CN(Cc3ccccc3)C[C@H]1N2C(=O)O. The van der Waals surface area contributed by atoms with Crippen molar-refractivity contribution in [1.29, 1.82) is 0 Å². The van der Waals surface area contributed by atoms with Crippen LogP contribution in [0.5, 0.6) is 0 Å². The molecule has 2 aliphatic rings. The van der Waals surface area contributed by atoms with E-state index >= 15 is 0 Å². The van der Waals surface area contributed by atoms with Crippen molar-refractivity contribution in [3.63, 3.8) is 0 Å². The summed E-state index contributed by atoms with van der Waals surface area (Å²) in [6.45, 7) is 2.36. The molecule has 2 bridgehead atoms. The molecule has 2 heterocycles. The molecule has 3 rings (SSSR count). The molecular weight excluding hydrogens is 256 g/mol. The zero-order chi connectivity index (χ0) is 14.1. The van der Waals surface area contributed by atoms with E-state index in [2.05, 4.69) is 22.5 Å². The van der Waals surface area contributed by atoms with Crippen molar-refractivity contribution in [1.82, 2.24) is 15.2 Å². The number of rotatable bonds is 3. The van der Waals surface area contributed by atoms with E-state index in [0.29, 0.717) is 0 Å². The maximum absolute atomic E-state index is 11.4. The second-order valence-corrected chi connectivity index (χ2v) is 5.60. The topological polar surface area (TPSA) is 81.8 Å². The Morgan fingerprint density at radius 1 is 1.35 bits per heavy atom. The highest BCUT2D eigenvalue weighted by Crippen LogP contribution is 2.31. The molecule has 4 N–H and O–H groups in total. The maximum Gasteiger partial charge on any atom is 0.407 e. The Balaban J connectivity index is 1.72. The molecule has 2 aliphatic heterocycles. The summed E-state index contributed by atoms with van der Waals surface area (Å²) in [5, 5.41) is 9.35. The molecule has 2 fully saturated rings. The van der Waals surface area contributed by atoms with Crippen LogP contribution in [0.3, 0.4) is 0 Å². The molecule has 20 heavy (non-hydrogen) atoms. The molecule has 1 amide bonds. The summed E-state index contributed by atoms with van der Waals surface area (Å²) in [5.41, 5.74) is 4.03. The van der Waals surface area contributed by atoms with Crippen LogP contribution in [0.1, 0.15) is 12.0 Å². The Morgan fingerprint density at radius 3 is 2.75 bits per heavy atom. The number of amides is 1. The number of piperazine rings is 1. The molecule has 0 radical (unpaired) electrons.